The van der Waals surface area contributed by atoms with Gasteiger partial charge in [-0.1, -0.05) is 30.3 Å². The van der Waals surface area contributed by atoms with Crippen LogP contribution in [0.3, 0.4) is 0 Å². The molecule has 0 spiro atoms. The van der Waals surface area contributed by atoms with Crippen LogP contribution in [0.2, 0.25) is 0 Å². The fourth-order valence-electron chi connectivity index (χ4n) is 0.939. The molecule has 1 aromatic rings. The van der Waals surface area contributed by atoms with Crippen molar-refractivity contribution in [3.8, 4) is 0 Å². The zero-order valence-electron chi connectivity index (χ0n) is 6.47. The predicted octanol–water partition coefficient (Wildman–Crippen LogP) is 2.29. The number of hydrogen-bond acceptors (Lipinski definition) is 3. The molecule has 1 rings (SSSR count). The lowest BCUT2D eigenvalue weighted by Gasteiger charge is -2.19. The van der Waals surface area contributed by atoms with Crippen molar-refractivity contribution in [2.75, 3.05) is 0 Å². The molecule has 0 amide bonds. The highest BCUT2D eigenvalue weighted by molar-refractivity contribution is 7.99. The zero-order valence-corrected chi connectivity index (χ0v) is 8.26. The molecule has 1 aromatic carbocycles. The van der Waals surface area contributed by atoms with Crippen molar-refractivity contribution in [3.63, 3.8) is 0 Å². The highest BCUT2D eigenvalue weighted by atomic mass is 32.2. The van der Waals surface area contributed by atoms with E-state index in [0.717, 1.165) is 11.8 Å². The van der Waals surface area contributed by atoms with Crippen LogP contribution in [0, 0.1) is 0 Å². The van der Waals surface area contributed by atoms with Gasteiger partial charge < -0.3 is 4.79 Å². The van der Waals surface area contributed by atoms with Crippen molar-refractivity contribution < 1.29 is 4.79 Å². The Hall–Kier alpha value is -0.410. The lowest BCUT2D eigenvalue weighted by molar-refractivity contribution is -0.107. The molecule has 0 aliphatic carbocycles. The minimum atomic E-state index is -0.636. The van der Waals surface area contributed by atoms with Gasteiger partial charge in [0.05, 0.1) is 4.08 Å². The lowest BCUT2D eigenvalue weighted by atomic mass is 10.1. The van der Waals surface area contributed by atoms with Crippen molar-refractivity contribution in [2.24, 2.45) is 0 Å². The normalized spacial score (nSPS) is 11.2. The number of hydrogen-bond donors (Lipinski definition) is 2. The molecule has 12 heavy (non-hydrogen) atoms. The largest absolute Gasteiger partial charge is 0.303 e. The van der Waals surface area contributed by atoms with E-state index in [0.29, 0.717) is 6.42 Å². The first-order chi connectivity index (χ1) is 5.67. The number of carbonyl (C=O) groups is 1. The minimum Gasteiger partial charge on any atom is -0.303 e. The second-order valence-electron chi connectivity index (χ2n) is 2.55. The maximum Gasteiger partial charge on any atom is 0.122 e. The molecule has 0 aliphatic heterocycles. The molecule has 3 heteroatoms. The van der Waals surface area contributed by atoms with Crippen molar-refractivity contribution in [1.82, 2.24) is 0 Å². The Labute approximate surface area is 83.0 Å². The highest BCUT2D eigenvalue weighted by Crippen LogP contribution is 2.34. The lowest BCUT2D eigenvalue weighted by Crippen LogP contribution is -2.10. The molecular formula is C9H10OS2. The Balaban J connectivity index is 2.89. The summed E-state index contributed by atoms with van der Waals surface area (Å²) >= 11 is 8.58. The van der Waals surface area contributed by atoms with E-state index < -0.39 is 4.08 Å². The summed E-state index contributed by atoms with van der Waals surface area (Å²) in [5, 5.41) is 0. The quantitative estimate of drug-likeness (QED) is 0.433. The number of thiol groups is 2. The van der Waals surface area contributed by atoms with Crippen LogP contribution in [0.15, 0.2) is 30.3 Å². The number of aldehydes is 1. The van der Waals surface area contributed by atoms with Gasteiger partial charge in [-0.15, -0.1) is 0 Å². The van der Waals surface area contributed by atoms with E-state index in [-0.39, 0.29) is 0 Å². The van der Waals surface area contributed by atoms with E-state index in [4.69, 9.17) is 0 Å². The average Bonchev–Trinajstić information content (AvgIpc) is 2.06. The molecule has 0 unspecified atom stereocenters. The fourth-order valence-corrected chi connectivity index (χ4v) is 1.39. The van der Waals surface area contributed by atoms with E-state index in [1.54, 1.807) is 0 Å². The van der Waals surface area contributed by atoms with Crippen molar-refractivity contribution in [2.45, 2.75) is 10.5 Å². The monoisotopic (exact) mass is 198 g/mol. The molecule has 0 saturated heterocycles. The van der Waals surface area contributed by atoms with Gasteiger partial charge in [0.15, 0.2) is 0 Å². The summed E-state index contributed by atoms with van der Waals surface area (Å²) < 4.78 is -0.636. The Morgan fingerprint density at radius 2 is 1.83 bits per heavy atom. The van der Waals surface area contributed by atoms with Crippen LogP contribution in [0.5, 0.6) is 0 Å². The Morgan fingerprint density at radius 3 is 2.33 bits per heavy atom. The number of benzene rings is 1. The summed E-state index contributed by atoms with van der Waals surface area (Å²) in [5.41, 5.74) is 0.948. The van der Waals surface area contributed by atoms with Crippen LogP contribution in [-0.4, -0.2) is 6.29 Å². The summed E-state index contributed by atoms with van der Waals surface area (Å²) in [5.74, 6) is 0. The molecule has 1 nitrogen and oxygen atoms in total. The van der Waals surface area contributed by atoms with Crippen LogP contribution in [0.4, 0.5) is 0 Å². The van der Waals surface area contributed by atoms with Gasteiger partial charge in [-0.2, -0.15) is 25.3 Å². The van der Waals surface area contributed by atoms with Crippen molar-refractivity contribution >= 4 is 31.5 Å². The minimum absolute atomic E-state index is 0.309. The number of carbonyl (C=O) groups excluding carboxylic acids is 1. The Bertz CT molecular complexity index is 256. The smallest absolute Gasteiger partial charge is 0.122 e. The second-order valence-corrected chi connectivity index (χ2v) is 4.43. The predicted molar refractivity (Wildman–Crippen MR) is 56.8 cm³/mol. The SMILES string of the molecule is O=CCC(S)(S)c1ccccc1. The van der Waals surface area contributed by atoms with E-state index in [9.17, 15) is 4.79 Å². The fraction of sp³-hybridized carbons (Fsp3) is 0.222. The summed E-state index contributed by atoms with van der Waals surface area (Å²) in [7, 11) is 0. The molecule has 0 saturated carbocycles. The first-order valence-electron chi connectivity index (χ1n) is 3.61. The average molecular weight is 198 g/mol. The maximum absolute atomic E-state index is 10.3. The molecule has 0 aromatic heterocycles. The van der Waals surface area contributed by atoms with Gasteiger partial charge in [-0.05, 0) is 5.56 Å². The van der Waals surface area contributed by atoms with Gasteiger partial charge in [0.2, 0.25) is 0 Å². The molecule has 0 fully saturated rings. The zero-order chi connectivity index (χ0) is 9.03. The molecule has 0 heterocycles. The highest BCUT2D eigenvalue weighted by Gasteiger charge is 2.21. The third-order valence-corrected chi connectivity index (χ3v) is 2.49. The van der Waals surface area contributed by atoms with Crippen LogP contribution in [-0.2, 0) is 8.87 Å². The van der Waals surface area contributed by atoms with Gasteiger partial charge >= 0.3 is 0 Å². The molecule has 0 atom stereocenters. The van der Waals surface area contributed by atoms with E-state index in [1.807, 2.05) is 30.3 Å². The summed E-state index contributed by atoms with van der Waals surface area (Å²) in [6, 6.07) is 9.54. The van der Waals surface area contributed by atoms with Crippen LogP contribution < -0.4 is 0 Å². The summed E-state index contributed by atoms with van der Waals surface area (Å²) in [6.45, 7) is 0. The molecule has 0 bridgehead atoms. The third kappa shape index (κ3) is 2.29. The van der Waals surface area contributed by atoms with Gasteiger partial charge in [0.1, 0.15) is 6.29 Å². The van der Waals surface area contributed by atoms with E-state index >= 15 is 0 Å². The standard InChI is InChI=1S/C9H10OS2/c10-7-6-9(11,12)8-4-2-1-3-5-8/h1-5,7,11-12H,6H2. The first-order valence-corrected chi connectivity index (χ1v) is 4.50. The van der Waals surface area contributed by atoms with Gasteiger partial charge in [0, 0.05) is 6.42 Å². The Kier molecular flexibility index (Phi) is 3.23. The summed E-state index contributed by atoms with van der Waals surface area (Å²) in [4.78, 5) is 10.3. The van der Waals surface area contributed by atoms with Crippen molar-refractivity contribution in [1.29, 1.82) is 0 Å². The van der Waals surface area contributed by atoms with Gasteiger partial charge in [-0.25, -0.2) is 0 Å². The van der Waals surface area contributed by atoms with Crippen LogP contribution in [0.1, 0.15) is 12.0 Å². The van der Waals surface area contributed by atoms with Gasteiger partial charge in [-0.3, -0.25) is 0 Å². The van der Waals surface area contributed by atoms with E-state index in [2.05, 4.69) is 25.3 Å². The third-order valence-electron chi connectivity index (χ3n) is 1.60. The molecular weight excluding hydrogens is 188 g/mol. The molecule has 0 N–H and O–H groups in total. The van der Waals surface area contributed by atoms with Crippen molar-refractivity contribution in [3.05, 3.63) is 35.9 Å². The second kappa shape index (κ2) is 4.01. The molecule has 0 radical (unpaired) electrons. The Morgan fingerprint density at radius 1 is 1.25 bits per heavy atom. The number of rotatable bonds is 3. The summed E-state index contributed by atoms with van der Waals surface area (Å²) in [6.07, 6.45) is 1.14. The van der Waals surface area contributed by atoms with E-state index in [1.165, 1.54) is 0 Å². The topological polar surface area (TPSA) is 17.1 Å². The van der Waals surface area contributed by atoms with Crippen LogP contribution in [0.25, 0.3) is 0 Å². The molecule has 0 aliphatic rings. The first kappa shape index (κ1) is 9.68. The van der Waals surface area contributed by atoms with Crippen LogP contribution >= 0.6 is 25.3 Å². The molecule has 64 valence electrons. The van der Waals surface area contributed by atoms with Gasteiger partial charge in [0.25, 0.3) is 0 Å². The maximum atomic E-state index is 10.3.